The molecule has 1 aromatic heterocycles. The molecule has 0 aliphatic carbocycles. The van der Waals surface area contributed by atoms with Gasteiger partial charge in [-0.05, 0) is 44.5 Å². The van der Waals surface area contributed by atoms with Crippen molar-refractivity contribution in [2.45, 2.75) is 32.4 Å². The lowest BCUT2D eigenvalue weighted by atomic mass is 10.2. The molecule has 1 aliphatic rings. The fourth-order valence-corrected chi connectivity index (χ4v) is 2.88. The first-order chi connectivity index (χ1) is 10.6. The largest absolute Gasteiger partial charge is 0.334 e. The highest BCUT2D eigenvalue weighted by Gasteiger charge is 2.25. The summed E-state index contributed by atoms with van der Waals surface area (Å²) >= 11 is 0. The number of urea groups is 1. The summed E-state index contributed by atoms with van der Waals surface area (Å²) in [4.78, 5) is 18.8. The molecule has 1 aliphatic heterocycles. The number of nitrogens with zero attached hydrogens (tertiary/aromatic N) is 2. The maximum absolute atomic E-state index is 12.1. The van der Waals surface area contributed by atoms with Crippen molar-refractivity contribution in [1.82, 2.24) is 15.2 Å². The monoisotopic (exact) mass is 298 g/mol. The summed E-state index contributed by atoms with van der Waals surface area (Å²) in [7, 11) is 0. The van der Waals surface area contributed by atoms with Gasteiger partial charge in [0.05, 0.1) is 5.52 Å². The highest BCUT2D eigenvalue weighted by molar-refractivity contribution is 5.92. The molecule has 22 heavy (non-hydrogen) atoms. The van der Waals surface area contributed by atoms with Crippen molar-refractivity contribution in [1.29, 1.82) is 0 Å². The molecule has 2 heterocycles. The second-order valence-electron chi connectivity index (χ2n) is 6.08. The van der Waals surface area contributed by atoms with Gasteiger partial charge in [0.15, 0.2) is 0 Å². The van der Waals surface area contributed by atoms with Crippen LogP contribution in [0.5, 0.6) is 0 Å². The Morgan fingerprint density at radius 1 is 1.36 bits per heavy atom. The van der Waals surface area contributed by atoms with E-state index in [9.17, 15) is 4.79 Å². The van der Waals surface area contributed by atoms with E-state index in [-0.39, 0.29) is 12.1 Å². The average Bonchev–Trinajstić information content (AvgIpc) is 2.95. The number of benzene rings is 1. The number of rotatable bonds is 3. The Kier molecular flexibility index (Phi) is 4.24. The Labute approximate surface area is 130 Å². The van der Waals surface area contributed by atoms with Crippen molar-refractivity contribution in [3.8, 4) is 0 Å². The highest BCUT2D eigenvalue weighted by Crippen LogP contribution is 2.17. The normalized spacial score (nSPS) is 18.8. The van der Waals surface area contributed by atoms with Crippen LogP contribution in [0.3, 0.4) is 0 Å². The molecule has 1 saturated heterocycles. The van der Waals surface area contributed by atoms with E-state index in [0.29, 0.717) is 6.04 Å². The van der Waals surface area contributed by atoms with Crippen LogP contribution in [0.15, 0.2) is 36.5 Å². The third kappa shape index (κ3) is 3.36. The number of hydrogen-bond acceptors (Lipinski definition) is 3. The van der Waals surface area contributed by atoms with Crippen molar-refractivity contribution < 1.29 is 4.79 Å². The first kappa shape index (κ1) is 14.8. The molecule has 3 rings (SSSR count). The summed E-state index contributed by atoms with van der Waals surface area (Å²) in [6.07, 6.45) is 2.77. The van der Waals surface area contributed by atoms with Crippen LogP contribution in [0, 0.1) is 0 Å². The van der Waals surface area contributed by atoms with Crippen LogP contribution in [-0.2, 0) is 0 Å². The summed E-state index contributed by atoms with van der Waals surface area (Å²) < 4.78 is 0. The molecule has 5 nitrogen and oxygen atoms in total. The summed E-state index contributed by atoms with van der Waals surface area (Å²) in [5, 5.41) is 6.98. The van der Waals surface area contributed by atoms with Crippen molar-refractivity contribution >= 4 is 22.6 Å². The zero-order valence-corrected chi connectivity index (χ0v) is 13.0. The second kappa shape index (κ2) is 6.32. The predicted octanol–water partition coefficient (Wildman–Crippen LogP) is 2.84. The standard InChI is InChI=1S/C17H22N4O/c1-12(2)21-9-7-15(11-21)20-17(22)19-14-5-6-16-13(10-14)4-3-8-18-16/h3-6,8,10,12,15H,7,9,11H2,1-2H3,(H2,19,20,22). The average molecular weight is 298 g/mol. The van der Waals surface area contributed by atoms with Crippen LogP contribution >= 0.6 is 0 Å². The second-order valence-corrected chi connectivity index (χ2v) is 6.08. The van der Waals surface area contributed by atoms with Gasteiger partial charge >= 0.3 is 6.03 Å². The van der Waals surface area contributed by atoms with Gasteiger partial charge in [-0.3, -0.25) is 9.88 Å². The van der Waals surface area contributed by atoms with E-state index >= 15 is 0 Å². The molecular weight excluding hydrogens is 276 g/mol. The topological polar surface area (TPSA) is 57.3 Å². The van der Waals surface area contributed by atoms with E-state index in [1.165, 1.54) is 0 Å². The van der Waals surface area contributed by atoms with E-state index < -0.39 is 0 Å². The van der Waals surface area contributed by atoms with Gasteiger partial charge in [-0.1, -0.05) is 6.07 Å². The molecule has 2 aromatic rings. The zero-order chi connectivity index (χ0) is 15.5. The zero-order valence-electron chi connectivity index (χ0n) is 13.0. The van der Waals surface area contributed by atoms with Crippen LogP contribution in [0.1, 0.15) is 20.3 Å². The Balaban J connectivity index is 1.59. The van der Waals surface area contributed by atoms with Gasteiger partial charge in [0.25, 0.3) is 0 Å². The lowest BCUT2D eigenvalue weighted by Crippen LogP contribution is -2.40. The number of hydrogen-bond donors (Lipinski definition) is 2. The molecule has 1 aromatic carbocycles. The summed E-state index contributed by atoms with van der Waals surface area (Å²) in [6, 6.07) is 10.2. The molecular formula is C17H22N4O. The van der Waals surface area contributed by atoms with Crippen LogP contribution in [0.2, 0.25) is 0 Å². The molecule has 0 spiro atoms. The number of amides is 2. The van der Waals surface area contributed by atoms with Crippen molar-refractivity contribution in [3.05, 3.63) is 36.5 Å². The molecule has 1 atom stereocenters. The number of pyridine rings is 1. The van der Waals surface area contributed by atoms with E-state index in [4.69, 9.17) is 0 Å². The van der Waals surface area contributed by atoms with Crippen LogP contribution in [0.25, 0.3) is 10.9 Å². The lowest BCUT2D eigenvalue weighted by Gasteiger charge is -2.20. The molecule has 1 unspecified atom stereocenters. The van der Waals surface area contributed by atoms with Gasteiger partial charge < -0.3 is 10.6 Å². The van der Waals surface area contributed by atoms with E-state index in [0.717, 1.165) is 36.1 Å². The number of carbonyl (C=O) groups excluding carboxylic acids is 1. The van der Waals surface area contributed by atoms with Gasteiger partial charge in [0, 0.05) is 42.4 Å². The number of carbonyl (C=O) groups is 1. The predicted molar refractivity (Wildman–Crippen MR) is 89.0 cm³/mol. The molecule has 2 amide bonds. The SMILES string of the molecule is CC(C)N1CCC(NC(=O)Nc2ccc3ncccc3c2)C1. The van der Waals surface area contributed by atoms with Gasteiger partial charge in [0.2, 0.25) is 0 Å². The van der Waals surface area contributed by atoms with Crippen molar-refractivity contribution in [2.24, 2.45) is 0 Å². The summed E-state index contributed by atoms with van der Waals surface area (Å²) in [6.45, 7) is 6.34. The fraction of sp³-hybridized carbons (Fsp3) is 0.412. The first-order valence-electron chi connectivity index (χ1n) is 7.78. The molecule has 0 saturated carbocycles. The molecule has 1 fully saturated rings. The quantitative estimate of drug-likeness (QED) is 0.916. The Hall–Kier alpha value is -2.14. The Morgan fingerprint density at radius 2 is 2.23 bits per heavy atom. The number of nitrogens with one attached hydrogen (secondary N) is 2. The number of likely N-dealkylation sites (tertiary alicyclic amines) is 1. The fourth-order valence-electron chi connectivity index (χ4n) is 2.88. The number of fused-ring (bicyclic) bond motifs is 1. The summed E-state index contributed by atoms with van der Waals surface area (Å²) in [5.41, 5.74) is 1.72. The van der Waals surface area contributed by atoms with Crippen LogP contribution in [0.4, 0.5) is 10.5 Å². The van der Waals surface area contributed by atoms with E-state index in [2.05, 4.69) is 34.4 Å². The Morgan fingerprint density at radius 3 is 3.00 bits per heavy atom. The highest BCUT2D eigenvalue weighted by atomic mass is 16.2. The molecule has 0 radical (unpaired) electrons. The van der Waals surface area contributed by atoms with Gasteiger partial charge in [-0.25, -0.2) is 4.79 Å². The summed E-state index contributed by atoms with van der Waals surface area (Å²) in [5.74, 6) is 0. The third-order valence-electron chi connectivity index (χ3n) is 4.15. The molecule has 2 N–H and O–H groups in total. The number of aromatic nitrogens is 1. The minimum absolute atomic E-state index is 0.140. The maximum Gasteiger partial charge on any atom is 0.319 e. The van der Waals surface area contributed by atoms with Gasteiger partial charge in [-0.15, -0.1) is 0 Å². The van der Waals surface area contributed by atoms with Crippen LogP contribution < -0.4 is 10.6 Å². The van der Waals surface area contributed by atoms with Gasteiger partial charge in [0.1, 0.15) is 0 Å². The molecule has 5 heteroatoms. The molecule has 116 valence electrons. The lowest BCUT2D eigenvalue weighted by molar-refractivity contribution is 0.244. The molecule has 0 bridgehead atoms. The van der Waals surface area contributed by atoms with Crippen molar-refractivity contribution in [2.75, 3.05) is 18.4 Å². The minimum Gasteiger partial charge on any atom is -0.334 e. The van der Waals surface area contributed by atoms with Crippen LogP contribution in [-0.4, -0.2) is 41.1 Å². The minimum atomic E-state index is -0.140. The first-order valence-corrected chi connectivity index (χ1v) is 7.78. The van der Waals surface area contributed by atoms with Gasteiger partial charge in [-0.2, -0.15) is 0 Å². The third-order valence-corrected chi connectivity index (χ3v) is 4.15. The Bertz CT molecular complexity index is 671. The van der Waals surface area contributed by atoms with Crippen molar-refractivity contribution in [3.63, 3.8) is 0 Å². The smallest absolute Gasteiger partial charge is 0.319 e. The van der Waals surface area contributed by atoms with E-state index in [1.54, 1.807) is 6.20 Å². The number of anilines is 1. The van der Waals surface area contributed by atoms with E-state index in [1.807, 2.05) is 30.3 Å². The maximum atomic E-state index is 12.1.